The van der Waals surface area contributed by atoms with Crippen LogP contribution in [0.5, 0.6) is 0 Å². The second kappa shape index (κ2) is 52.5. The fourth-order valence-corrected chi connectivity index (χ4v) is 8.42. The minimum atomic E-state index is -4.75. The van der Waals surface area contributed by atoms with E-state index >= 15 is 0 Å². The highest BCUT2D eigenvalue weighted by atomic mass is 31.2. The first-order valence-corrected chi connectivity index (χ1v) is 29.7. The Bertz CT molecular complexity index is 1410. The van der Waals surface area contributed by atoms with Gasteiger partial charge >= 0.3 is 25.7 Å². The van der Waals surface area contributed by atoms with Crippen LogP contribution in [-0.2, 0) is 42.2 Å². The Morgan fingerprint density at radius 1 is 0.414 bits per heavy atom. The lowest BCUT2D eigenvalue weighted by molar-refractivity contribution is -0.161. The van der Waals surface area contributed by atoms with Crippen LogP contribution in [0.4, 0.5) is 0 Å². The molecule has 0 aromatic rings. The molecule has 0 radical (unpaired) electrons. The minimum Gasteiger partial charge on any atom is -0.462 e. The number of allylic oxidation sites excluding steroid dienone is 10. The van der Waals surface area contributed by atoms with E-state index < -0.39 is 57.8 Å². The molecule has 70 heavy (non-hydrogen) atoms. The fraction of sp³-hybridized carbons (Fsp3) is 0.776. The Labute approximate surface area is 427 Å². The van der Waals surface area contributed by atoms with Gasteiger partial charge in [-0.05, 0) is 83.5 Å². The van der Waals surface area contributed by atoms with Gasteiger partial charge in [0.15, 0.2) is 6.10 Å². The van der Waals surface area contributed by atoms with Crippen LogP contribution in [0.3, 0.4) is 0 Å². The molecule has 0 aromatic heterocycles. The third-order valence-electron chi connectivity index (χ3n) is 11.9. The molecule has 0 fully saturated rings. The molecule has 0 aliphatic rings. The number of rotatable bonds is 52. The van der Waals surface area contributed by atoms with Crippen molar-refractivity contribution >= 4 is 25.7 Å². The second-order valence-corrected chi connectivity index (χ2v) is 20.2. The molecule has 0 bridgehead atoms. The maximum Gasteiger partial charge on any atom is 0.472 e. The van der Waals surface area contributed by atoms with Gasteiger partial charge in [0.2, 0.25) is 0 Å². The number of hydrogen-bond acceptors (Lipinski definition) is 10. The minimum absolute atomic E-state index is 0.152. The summed E-state index contributed by atoms with van der Waals surface area (Å²) in [5.41, 5.74) is 0. The summed E-state index contributed by atoms with van der Waals surface area (Å²) >= 11 is 0. The first-order chi connectivity index (χ1) is 34.2. The molecule has 11 nitrogen and oxygen atoms in total. The average molecular weight is 1010 g/mol. The van der Waals surface area contributed by atoms with Crippen LogP contribution < -0.4 is 0 Å². The van der Waals surface area contributed by atoms with Crippen LogP contribution >= 0.6 is 7.82 Å². The number of phosphoric acid groups is 1. The smallest absolute Gasteiger partial charge is 0.462 e. The highest BCUT2D eigenvalue weighted by Gasteiger charge is 2.28. The molecule has 406 valence electrons. The molecule has 0 aromatic carbocycles. The lowest BCUT2D eigenvalue weighted by Gasteiger charge is -2.21. The molecule has 12 heteroatoms. The van der Waals surface area contributed by atoms with E-state index in [0.717, 1.165) is 96.3 Å². The predicted octanol–water partition coefficient (Wildman–Crippen LogP) is 16.4. The zero-order valence-electron chi connectivity index (χ0n) is 44.7. The van der Waals surface area contributed by atoms with Gasteiger partial charge in [0.05, 0.1) is 19.8 Å². The summed E-state index contributed by atoms with van der Waals surface area (Å²) in [6, 6.07) is 0. The molecule has 0 amide bonds. The summed E-state index contributed by atoms with van der Waals surface area (Å²) in [4.78, 5) is 48.4. The van der Waals surface area contributed by atoms with Crippen molar-refractivity contribution in [3.63, 3.8) is 0 Å². The number of aliphatic hydroxyl groups is 1. The highest BCUT2D eigenvalue weighted by Crippen LogP contribution is 2.43. The second-order valence-electron chi connectivity index (χ2n) is 18.7. The van der Waals surface area contributed by atoms with Crippen LogP contribution in [0.2, 0.25) is 0 Å². The van der Waals surface area contributed by atoms with Crippen molar-refractivity contribution < 1.29 is 52.2 Å². The number of aliphatic hydroxyl groups excluding tert-OH is 1. The van der Waals surface area contributed by atoms with E-state index in [9.17, 15) is 28.9 Å². The summed E-state index contributed by atoms with van der Waals surface area (Å²) in [7, 11) is -4.75. The Morgan fingerprint density at radius 3 is 1.19 bits per heavy atom. The van der Waals surface area contributed by atoms with Crippen molar-refractivity contribution in [2.75, 3.05) is 26.4 Å². The highest BCUT2D eigenvalue weighted by molar-refractivity contribution is 7.47. The molecule has 3 atom stereocenters. The molecule has 0 aliphatic heterocycles. The van der Waals surface area contributed by atoms with Crippen LogP contribution in [0.1, 0.15) is 252 Å². The third-order valence-corrected chi connectivity index (χ3v) is 12.9. The van der Waals surface area contributed by atoms with Crippen LogP contribution in [0.25, 0.3) is 0 Å². The Kier molecular flexibility index (Phi) is 50.4. The summed E-state index contributed by atoms with van der Waals surface area (Å²) in [6.45, 7) is 4.47. The van der Waals surface area contributed by atoms with Crippen molar-refractivity contribution in [3.05, 3.63) is 60.8 Å². The molecule has 0 rings (SSSR count). The topological polar surface area (TPSA) is 155 Å². The monoisotopic (exact) mass is 1010 g/mol. The van der Waals surface area contributed by atoms with Crippen molar-refractivity contribution in [2.45, 2.75) is 264 Å². The first-order valence-electron chi connectivity index (χ1n) is 28.2. The van der Waals surface area contributed by atoms with Crippen molar-refractivity contribution in [1.29, 1.82) is 0 Å². The zero-order valence-corrected chi connectivity index (χ0v) is 45.6. The lowest BCUT2D eigenvalue weighted by atomic mass is 10.0. The van der Waals surface area contributed by atoms with Crippen molar-refractivity contribution in [2.24, 2.45) is 0 Å². The van der Waals surface area contributed by atoms with E-state index in [0.29, 0.717) is 19.3 Å². The van der Waals surface area contributed by atoms with E-state index in [2.05, 4.69) is 81.5 Å². The van der Waals surface area contributed by atoms with Gasteiger partial charge in [-0.25, -0.2) is 4.57 Å². The van der Waals surface area contributed by atoms with Gasteiger partial charge in [0, 0.05) is 19.3 Å². The van der Waals surface area contributed by atoms with Gasteiger partial charge in [0.25, 0.3) is 0 Å². The van der Waals surface area contributed by atoms with E-state index in [4.69, 9.17) is 23.3 Å². The number of hydrogen-bond donors (Lipinski definition) is 2. The summed E-state index contributed by atoms with van der Waals surface area (Å²) in [5.74, 6) is -1.50. The predicted molar refractivity (Wildman–Crippen MR) is 288 cm³/mol. The largest absolute Gasteiger partial charge is 0.472 e. The molecular formula is C58H103O11P. The van der Waals surface area contributed by atoms with Crippen molar-refractivity contribution in [1.82, 2.24) is 0 Å². The van der Waals surface area contributed by atoms with Gasteiger partial charge < -0.3 is 24.2 Å². The van der Waals surface area contributed by atoms with Gasteiger partial charge in [-0.3, -0.25) is 23.4 Å². The number of carbonyl (C=O) groups excluding carboxylic acids is 3. The molecule has 2 N–H and O–H groups in total. The summed E-state index contributed by atoms with van der Waals surface area (Å²) < 4.78 is 39.4. The molecule has 0 saturated heterocycles. The lowest BCUT2D eigenvalue weighted by Crippen LogP contribution is -2.30. The number of carbonyl (C=O) groups is 3. The van der Waals surface area contributed by atoms with E-state index in [1.807, 2.05) is 0 Å². The SMILES string of the molecule is CC/C=C\C/C=C\C/C=C\CCCCCC(=O)OCC(COP(=O)(O)OCC(CO)OC(=O)CCCCCCCCCCCCCCC)OC(=O)CCCCCCCCC/C=C\C/C=C\CCCCC. The molecule has 0 spiro atoms. The molecule has 0 heterocycles. The maximum absolute atomic E-state index is 12.9. The molecule has 0 aliphatic carbocycles. The third kappa shape index (κ3) is 50.1. The first kappa shape index (κ1) is 67.2. The normalized spacial score (nSPS) is 13.8. The van der Waals surface area contributed by atoms with Crippen LogP contribution in [-0.4, -0.2) is 66.5 Å². The standard InChI is InChI=1S/C58H103O11P/c1-4-7-10-13-16-19-22-25-26-27-28-31-34-37-40-43-46-49-58(62)69-55(51-65-56(60)47-44-41-38-35-32-29-23-20-17-14-11-8-5-2)53-67-70(63,64)66-52-54(50-59)68-57(61)48-45-42-39-36-33-30-24-21-18-15-12-9-6-3/h8,11,16-17,19-20,25-26,29,32,54-55,59H,4-7,9-10,12-15,18,21-24,27-28,30-31,33-53H2,1-3H3,(H,63,64)/b11-8-,19-16-,20-17-,26-25-,32-29-. The van der Waals surface area contributed by atoms with E-state index in [1.54, 1.807) is 0 Å². The number of unbranched alkanes of at least 4 members (excludes halogenated alkanes) is 25. The summed E-state index contributed by atoms with van der Waals surface area (Å²) in [6.07, 6.45) is 56.1. The Balaban J connectivity index is 4.75. The molecule has 0 saturated carbocycles. The van der Waals surface area contributed by atoms with Crippen LogP contribution in [0, 0.1) is 0 Å². The van der Waals surface area contributed by atoms with Gasteiger partial charge in [-0.2, -0.15) is 0 Å². The van der Waals surface area contributed by atoms with E-state index in [-0.39, 0.29) is 25.9 Å². The number of phosphoric ester groups is 1. The van der Waals surface area contributed by atoms with Gasteiger partial charge in [-0.1, -0.05) is 210 Å². The zero-order chi connectivity index (χ0) is 51.3. The van der Waals surface area contributed by atoms with Gasteiger partial charge in [-0.15, -0.1) is 0 Å². The van der Waals surface area contributed by atoms with E-state index in [1.165, 1.54) is 96.3 Å². The molecular weight excluding hydrogens is 904 g/mol. The average Bonchev–Trinajstić information content (AvgIpc) is 3.35. The number of ether oxygens (including phenoxy) is 3. The fourth-order valence-electron chi connectivity index (χ4n) is 7.64. The summed E-state index contributed by atoms with van der Waals surface area (Å²) in [5, 5.41) is 9.80. The Morgan fingerprint density at radius 2 is 0.743 bits per heavy atom. The Hall–Kier alpha value is -2.82. The number of esters is 3. The maximum atomic E-state index is 12.9. The quantitative estimate of drug-likeness (QED) is 0.0197. The van der Waals surface area contributed by atoms with Gasteiger partial charge in [0.1, 0.15) is 12.7 Å². The molecule has 3 unspecified atom stereocenters. The van der Waals surface area contributed by atoms with Crippen molar-refractivity contribution in [3.8, 4) is 0 Å². The van der Waals surface area contributed by atoms with Crippen LogP contribution in [0.15, 0.2) is 60.8 Å².